The van der Waals surface area contributed by atoms with Gasteiger partial charge in [-0.25, -0.2) is 9.59 Å². The van der Waals surface area contributed by atoms with E-state index in [1.165, 1.54) is 32.1 Å². The number of hydrogen-bond donors (Lipinski definition) is 4. The van der Waals surface area contributed by atoms with Crippen LogP contribution < -0.4 is 0 Å². The van der Waals surface area contributed by atoms with E-state index in [9.17, 15) is 49.2 Å². The minimum absolute atomic E-state index is 0.135. The highest BCUT2D eigenvalue weighted by atomic mass is 16.6. The van der Waals surface area contributed by atoms with E-state index in [0.717, 1.165) is 19.3 Å². The molecular weight excluding hydrogens is 544 g/mol. The minimum atomic E-state index is -3.02. The molecule has 41 heavy (non-hydrogen) atoms. The SMILES string of the molecule is CCCCCCCC/C=C\CC/C=C/[C@H]1C[C@H]([C@](O)(CC(=O)O[C@@H](C(=O)O)[C@H](COC=O)C(=O)O)C(=O)O)C(=O)O1. The molecule has 1 rings (SSSR count). The summed E-state index contributed by atoms with van der Waals surface area (Å²) in [7, 11) is 0. The largest absolute Gasteiger partial charge is 0.481 e. The molecule has 0 aliphatic carbocycles. The van der Waals surface area contributed by atoms with Crippen molar-refractivity contribution in [2.45, 2.75) is 95.4 Å². The van der Waals surface area contributed by atoms with Crippen LogP contribution in [-0.4, -0.2) is 81.2 Å². The topological polar surface area (TPSA) is 211 Å². The number of allylic oxidation sites excluding steroid dienone is 3. The number of carboxylic acid groups (broad SMARTS) is 3. The number of unbranched alkanes of at least 4 members (excludes halogenated alkanes) is 7. The highest BCUT2D eigenvalue weighted by molar-refractivity contribution is 5.92. The van der Waals surface area contributed by atoms with Crippen LogP contribution in [0.15, 0.2) is 24.3 Å². The Labute approximate surface area is 238 Å². The maximum absolute atomic E-state index is 12.4. The lowest BCUT2D eigenvalue weighted by atomic mass is 9.82. The molecule has 0 aromatic carbocycles. The fourth-order valence-corrected chi connectivity index (χ4v) is 4.32. The van der Waals surface area contributed by atoms with Gasteiger partial charge in [0.2, 0.25) is 6.10 Å². The number of hydrogen-bond acceptors (Lipinski definition) is 10. The lowest BCUT2D eigenvalue weighted by Crippen LogP contribution is -2.50. The van der Waals surface area contributed by atoms with Crippen LogP contribution in [0.3, 0.4) is 0 Å². The molecule has 1 heterocycles. The van der Waals surface area contributed by atoms with Gasteiger partial charge in [-0.05, 0) is 31.8 Å². The first-order valence-electron chi connectivity index (χ1n) is 13.7. The number of esters is 2. The molecule has 0 spiro atoms. The third-order valence-electron chi connectivity index (χ3n) is 6.65. The highest BCUT2D eigenvalue weighted by Crippen LogP contribution is 2.35. The number of ether oxygens (including phenoxy) is 3. The van der Waals surface area contributed by atoms with Crippen LogP contribution in [0.4, 0.5) is 0 Å². The van der Waals surface area contributed by atoms with E-state index in [1.807, 2.05) is 0 Å². The molecule has 0 aromatic heterocycles. The first-order chi connectivity index (χ1) is 19.5. The number of aliphatic hydroxyl groups is 1. The molecule has 0 amide bonds. The van der Waals surface area contributed by atoms with Crippen molar-refractivity contribution in [1.82, 2.24) is 0 Å². The number of carbonyl (C=O) groups excluding carboxylic acids is 3. The van der Waals surface area contributed by atoms with Crippen molar-refractivity contribution >= 4 is 36.3 Å². The van der Waals surface area contributed by atoms with Crippen LogP contribution in [-0.2, 0) is 43.0 Å². The molecule has 1 saturated heterocycles. The van der Waals surface area contributed by atoms with Gasteiger partial charge < -0.3 is 34.6 Å². The van der Waals surface area contributed by atoms with Gasteiger partial charge in [-0.1, -0.05) is 57.3 Å². The number of carboxylic acids is 3. The third kappa shape index (κ3) is 12.1. The second-order valence-electron chi connectivity index (χ2n) is 9.83. The normalized spacial score (nSPS) is 19.8. The second kappa shape index (κ2) is 18.6. The zero-order valence-corrected chi connectivity index (χ0v) is 23.1. The molecule has 1 aliphatic heterocycles. The molecule has 13 heteroatoms. The fraction of sp³-hybridized carbons (Fsp3) is 0.643. The van der Waals surface area contributed by atoms with Crippen LogP contribution in [0.1, 0.15) is 77.6 Å². The predicted octanol–water partition coefficient (Wildman–Crippen LogP) is 2.64. The summed E-state index contributed by atoms with van der Waals surface area (Å²) in [6.45, 7) is 1.09. The summed E-state index contributed by atoms with van der Waals surface area (Å²) in [6.07, 6.45) is 12.4. The Bertz CT molecular complexity index is 957. The van der Waals surface area contributed by atoms with Gasteiger partial charge in [0.25, 0.3) is 6.47 Å². The predicted molar refractivity (Wildman–Crippen MR) is 141 cm³/mol. The van der Waals surface area contributed by atoms with Crippen LogP contribution in [0.25, 0.3) is 0 Å². The molecule has 4 N–H and O–H groups in total. The van der Waals surface area contributed by atoms with E-state index < -0.39 is 72.5 Å². The van der Waals surface area contributed by atoms with Gasteiger partial charge in [-0.15, -0.1) is 0 Å². The molecule has 0 radical (unpaired) electrons. The van der Waals surface area contributed by atoms with E-state index >= 15 is 0 Å². The molecule has 5 atom stereocenters. The molecule has 1 aliphatic rings. The Morgan fingerprint density at radius 3 is 2.22 bits per heavy atom. The van der Waals surface area contributed by atoms with Crippen LogP contribution in [0.5, 0.6) is 0 Å². The first kappa shape index (κ1) is 35.3. The van der Waals surface area contributed by atoms with E-state index in [2.05, 4.69) is 28.5 Å². The van der Waals surface area contributed by atoms with Crippen molar-refractivity contribution < 1.29 is 63.4 Å². The van der Waals surface area contributed by atoms with Crippen molar-refractivity contribution in [3.05, 3.63) is 24.3 Å². The summed E-state index contributed by atoms with van der Waals surface area (Å²) in [5, 5.41) is 38.9. The second-order valence-corrected chi connectivity index (χ2v) is 9.83. The number of cyclic esters (lactones) is 1. The Hall–Kier alpha value is -3.74. The van der Waals surface area contributed by atoms with Crippen molar-refractivity contribution in [3.8, 4) is 0 Å². The summed E-state index contributed by atoms with van der Waals surface area (Å²) in [5.74, 6) is -12.0. The first-order valence-corrected chi connectivity index (χ1v) is 13.7. The third-order valence-corrected chi connectivity index (χ3v) is 6.65. The Kier molecular flexibility index (Phi) is 16.0. The summed E-state index contributed by atoms with van der Waals surface area (Å²) in [4.78, 5) is 70.0. The molecule has 230 valence electrons. The van der Waals surface area contributed by atoms with E-state index in [1.54, 1.807) is 12.2 Å². The molecule has 0 saturated carbocycles. The van der Waals surface area contributed by atoms with Crippen molar-refractivity contribution in [2.75, 3.05) is 6.61 Å². The average molecular weight is 585 g/mol. The van der Waals surface area contributed by atoms with E-state index in [0.29, 0.717) is 6.42 Å². The smallest absolute Gasteiger partial charge is 0.346 e. The molecule has 0 unspecified atom stereocenters. The van der Waals surface area contributed by atoms with Crippen LogP contribution in [0.2, 0.25) is 0 Å². The fourth-order valence-electron chi connectivity index (χ4n) is 4.32. The summed E-state index contributed by atoms with van der Waals surface area (Å²) >= 11 is 0. The number of aliphatic carboxylic acids is 3. The van der Waals surface area contributed by atoms with Crippen molar-refractivity contribution in [3.63, 3.8) is 0 Å². The molecule has 0 aromatic rings. The Balaban J connectivity index is 2.70. The molecule has 13 nitrogen and oxygen atoms in total. The zero-order chi connectivity index (χ0) is 30.8. The summed E-state index contributed by atoms with van der Waals surface area (Å²) in [6, 6.07) is 0. The quantitative estimate of drug-likeness (QED) is 0.0474. The highest BCUT2D eigenvalue weighted by Gasteiger charge is 2.55. The summed E-state index contributed by atoms with van der Waals surface area (Å²) < 4.78 is 14.1. The van der Waals surface area contributed by atoms with Crippen molar-refractivity contribution in [1.29, 1.82) is 0 Å². The Morgan fingerprint density at radius 1 is 0.976 bits per heavy atom. The van der Waals surface area contributed by atoms with Gasteiger partial charge in [-0.3, -0.25) is 19.2 Å². The summed E-state index contributed by atoms with van der Waals surface area (Å²) in [5.41, 5.74) is -3.02. The maximum atomic E-state index is 12.4. The van der Waals surface area contributed by atoms with Crippen molar-refractivity contribution in [2.24, 2.45) is 11.8 Å². The monoisotopic (exact) mass is 584 g/mol. The maximum Gasteiger partial charge on any atom is 0.346 e. The minimum Gasteiger partial charge on any atom is -0.481 e. The van der Waals surface area contributed by atoms with Crippen LogP contribution in [0, 0.1) is 11.8 Å². The molecular formula is C28H40O13. The Morgan fingerprint density at radius 2 is 1.61 bits per heavy atom. The van der Waals surface area contributed by atoms with Gasteiger partial charge in [0, 0.05) is 6.42 Å². The van der Waals surface area contributed by atoms with E-state index in [4.69, 9.17) is 4.74 Å². The van der Waals surface area contributed by atoms with E-state index in [-0.39, 0.29) is 12.9 Å². The number of rotatable bonds is 22. The zero-order valence-electron chi connectivity index (χ0n) is 23.1. The standard InChI is InChI=1S/C28H40O13/c1-2-3-4-5-6-7-8-9-10-11-12-13-14-19-15-21(26(35)40-19)28(38,27(36)37)16-22(30)41-23(25(33)34)20(24(31)32)17-39-18-29/h9-10,13-14,18-21,23,38H,2-8,11-12,15-17H2,1H3,(H,31,32)(H,33,34)(H,36,37)/b10-9-,14-13+/t19-,20-,21-,23+,28+/m0/s1. The molecule has 0 bridgehead atoms. The number of carbonyl (C=O) groups is 6. The molecule has 1 fully saturated rings. The van der Waals surface area contributed by atoms with Crippen LogP contribution >= 0.6 is 0 Å². The van der Waals surface area contributed by atoms with Gasteiger partial charge in [0.1, 0.15) is 24.5 Å². The van der Waals surface area contributed by atoms with Gasteiger partial charge in [-0.2, -0.15) is 0 Å². The van der Waals surface area contributed by atoms with Gasteiger partial charge in [0.15, 0.2) is 5.60 Å². The lowest BCUT2D eigenvalue weighted by Gasteiger charge is -2.27. The van der Waals surface area contributed by atoms with Gasteiger partial charge >= 0.3 is 29.8 Å². The lowest BCUT2D eigenvalue weighted by molar-refractivity contribution is -0.185. The van der Waals surface area contributed by atoms with Gasteiger partial charge in [0.05, 0.1) is 6.42 Å². The average Bonchev–Trinajstić information content (AvgIpc) is 3.29.